The molecule has 0 saturated heterocycles. The first-order chi connectivity index (χ1) is 12.6. The fourth-order valence-electron chi connectivity index (χ4n) is 3.45. The molecule has 0 aliphatic heterocycles. The Morgan fingerprint density at radius 1 is 1.35 bits per heavy atom. The van der Waals surface area contributed by atoms with Crippen molar-refractivity contribution < 1.29 is 9.21 Å². The molecule has 0 fully saturated rings. The van der Waals surface area contributed by atoms with E-state index < -0.39 is 5.76 Å². The normalized spacial score (nSPS) is 16.3. The number of hydrogen-bond acceptors (Lipinski definition) is 5. The Morgan fingerprint density at radius 2 is 2.19 bits per heavy atom. The number of carbonyl (C=O) groups is 1. The molecule has 134 valence electrons. The molecule has 1 unspecified atom stereocenters. The summed E-state index contributed by atoms with van der Waals surface area (Å²) in [6.45, 7) is -0.122. The zero-order valence-electron chi connectivity index (χ0n) is 14.4. The molecule has 2 aromatic heterocycles. The van der Waals surface area contributed by atoms with Gasteiger partial charge in [0.05, 0.1) is 10.9 Å². The van der Waals surface area contributed by atoms with Crippen molar-refractivity contribution in [1.29, 1.82) is 0 Å². The Balaban J connectivity index is 1.53. The van der Waals surface area contributed by atoms with E-state index >= 15 is 0 Å². The molecule has 7 heteroatoms. The highest BCUT2D eigenvalue weighted by Crippen LogP contribution is 2.33. The predicted molar refractivity (Wildman–Crippen MR) is 99.0 cm³/mol. The van der Waals surface area contributed by atoms with E-state index in [4.69, 9.17) is 4.42 Å². The molecule has 4 rings (SSSR count). The van der Waals surface area contributed by atoms with E-state index in [1.807, 2.05) is 29.6 Å². The molecule has 0 saturated carbocycles. The van der Waals surface area contributed by atoms with E-state index in [2.05, 4.69) is 17.2 Å². The summed E-state index contributed by atoms with van der Waals surface area (Å²) in [4.78, 5) is 27.3. The summed E-state index contributed by atoms with van der Waals surface area (Å²) in [6.07, 6.45) is 3.01. The maximum Gasteiger partial charge on any atom is 0.437 e. The molecule has 6 nitrogen and oxygen atoms in total. The Hall–Kier alpha value is -2.67. The highest BCUT2D eigenvalue weighted by molar-refractivity contribution is 7.13. The van der Waals surface area contributed by atoms with Crippen molar-refractivity contribution in [3.8, 4) is 10.8 Å². The highest BCUT2D eigenvalue weighted by atomic mass is 32.1. The van der Waals surface area contributed by atoms with Crippen LogP contribution < -0.4 is 5.76 Å². The number of aryl methyl sites for hydroxylation is 1. The Bertz CT molecular complexity index is 974. The van der Waals surface area contributed by atoms with E-state index in [9.17, 15) is 9.59 Å². The molecular formula is C19H19N3O3S. The number of likely N-dealkylation sites (N-methyl/N-ethyl adjacent to an activating group) is 1. The van der Waals surface area contributed by atoms with Crippen molar-refractivity contribution in [2.75, 3.05) is 7.05 Å². The zero-order chi connectivity index (χ0) is 18.1. The topological polar surface area (TPSA) is 68.3 Å². The average molecular weight is 369 g/mol. The lowest BCUT2D eigenvalue weighted by atomic mass is 9.87. The van der Waals surface area contributed by atoms with Crippen LogP contribution in [0.5, 0.6) is 0 Å². The molecule has 1 atom stereocenters. The van der Waals surface area contributed by atoms with Crippen LogP contribution in [0.1, 0.15) is 30.0 Å². The van der Waals surface area contributed by atoms with E-state index in [0.717, 1.165) is 28.8 Å². The van der Waals surface area contributed by atoms with Gasteiger partial charge in [-0.2, -0.15) is 4.68 Å². The number of benzene rings is 1. The lowest BCUT2D eigenvalue weighted by Gasteiger charge is -2.33. The maximum absolute atomic E-state index is 12.8. The van der Waals surface area contributed by atoms with E-state index in [0.29, 0.717) is 0 Å². The molecule has 0 spiro atoms. The standard InChI is InChI=1S/C19H19N3O3S/c1-21(15-9-4-7-13-6-2-3-8-14(13)15)17(23)12-22-19(24)25-18(20-22)16-10-5-11-26-16/h2-3,5-6,8,10-11,15H,4,7,9,12H2,1H3. The van der Waals surface area contributed by atoms with Crippen LogP contribution in [0.4, 0.5) is 0 Å². The summed E-state index contributed by atoms with van der Waals surface area (Å²) in [6, 6.07) is 12.0. The summed E-state index contributed by atoms with van der Waals surface area (Å²) in [5.74, 6) is -0.512. The first-order valence-corrected chi connectivity index (χ1v) is 9.47. The van der Waals surface area contributed by atoms with Crippen LogP contribution >= 0.6 is 11.3 Å². The Kier molecular flexibility index (Phi) is 4.46. The third-order valence-electron chi connectivity index (χ3n) is 4.82. The number of hydrogen-bond donors (Lipinski definition) is 0. The van der Waals surface area contributed by atoms with E-state index in [-0.39, 0.29) is 24.4 Å². The van der Waals surface area contributed by atoms with Crippen LogP contribution in [0, 0.1) is 0 Å². The quantitative estimate of drug-likeness (QED) is 0.709. The van der Waals surface area contributed by atoms with Crippen LogP contribution in [0.2, 0.25) is 0 Å². The van der Waals surface area contributed by atoms with Crippen LogP contribution in [0.3, 0.4) is 0 Å². The molecule has 1 aliphatic rings. The Morgan fingerprint density at radius 3 is 3.00 bits per heavy atom. The summed E-state index contributed by atoms with van der Waals surface area (Å²) in [5.41, 5.74) is 2.49. The molecule has 0 radical (unpaired) electrons. The summed E-state index contributed by atoms with van der Waals surface area (Å²) in [5, 5.41) is 6.05. The van der Waals surface area contributed by atoms with Crippen LogP contribution in [-0.4, -0.2) is 27.6 Å². The van der Waals surface area contributed by atoms with Gasteiger partial charge in [0.2, 0.25) is 5.91 Å². The molecule has 0 N–H and O–H groups in total. The van der Waals surface area contributed by atoms with Crippen LogP contribution in [0.25, 0.3) is 10.8 Å². The van der Waals surface area contributed by atoms with Gasteiger partial charge in [-0.3, -0.25) is 4.79 Å². The summed E-state index contributed by atoms with van der Waals surface area (Å²) < 4.78 is 6.28. The number of fused-ring (bicyclic) bond motifs is 1. The van der Waals surface area contributed by atoms with Gasteiger partial charge < -0.3 is 9.32 Å². The largest absolute Gasteiger partial charge is 0.437 e. The molecule has 1 aliphatic carbocycles. The first kappa shape index (κ1) is 16.8. The van der Waals surface area contributed by atoms with Crippen molar-refractivity contribution in [3.63, 3.8) is 0 Å². The third-order valence-corrected chi connectivity index (χ3v) is 5.68. The second-order valence-electron chi connectivity index (χ2n) is 6.42. The fraction of sp³-hybridized carbons (Fsp3) is 0.316. The molecule has 3 aromatic rings. The molecule has 0 bridgehead atoms. The van der Waals surface area contributed by atoms with Gasteiger partial charge in [0.15, 0.2) is 0 Å². The number of carbonyl (C=O) groups excluding carboxylic acids is 1. The molecule has 1 amide bonds. The third kappa shape index (κ3) is 3.10. The van der Waals surface area contributed by atoms with Gasteiger partial charge in [-0.25, -0.2) is 4.79 Å². The second-order valence-corrected chi connectivity index (χ2v) is 7.37. The summed E-state index contributed by atoms with van der Waals surface area (Å²) >= 11 is 1.43. The van der Waals surface area contributed by atoms with Crippen molar-refractivity contribution in [2.24, 2.45) is 0 Å². The molecule has 1 aromatic carbocycles. The van der Waals surface area contributed by atoms with Crippen molar-refractivity contribution in [2.45, 2.75) is 31.8 Å². The van der Waals surface area contributed by atoms with Crippen molar-refractivity contribution in [1.82, 2.24) is 14.7 Å². The SMILES string of the molecule is CN(C(=O)Cn1nc(-c2cccs2)oc1=O)C1CCCc2ccccc21. The van der Waals surface area contributed by atoms with Gasteiger partial charge in [0, 0.05) is 7.05 Å². The lowest BCUT2D eigenvalue weighted by molar-refractivity contribution is -0.133. The number of amides is 1. The number of thiophene rings is 1. The van der Waals surface area contributed by atoms with E-state index in [1.165, 1.54) is 22.5 Å². The van der Waals surface area contributed by atoms with Crippen LogP contribution in [0.15, 0.2) is 51.0 Å². The lowest BCUT2D eigenvalue weighted by Crippen LogP contribution is -2.37. The second kappa shape index (κ2) is 6.92. The summed E-state index contributed by atoms with van der Waals surface area (Å²) in [7, 11) is 1.79. The minimum atomic E-state index is -0.612. The van der Waals surface area contributed by atoms with Gasteiger partial charge in [-0.15, -0.1) is 16.4 Å². The van der Waals surface area contributed by atoms with Gasteiger partial charge >= 0.3 is 5.76 Å². The Labute approximate surface area is 154 Å². The van der Waals surface area contributed by atoms with E-state index in [1.54, 1.807) is 11.9 Å². The van der Waals surface area contributed by atoms with Gasteiger partial charge in [0.1, 0.15) is 6.54 Å². The van der Waals surface area contributed by atoms with Crippen molar-refractivity contribution >= 4 is 17.2 Å². The van der Waals surface area contributed by atoms with Gasteiger partial charge in [0.25, 0.3) is 5.89 Å². The highest BCUT2D eigenvalue weighted by Gasteiger charge is 2.27. The predicted octanol–water partition coefficient (Wildman–Crippen LogP) is 3.10. The number of nitrogens with zero attached hydrogens (tertiary/aromatic N) is 3. The fourth-order valence-corrected chi connectivity index (χ4v) is 4.09. The minimum absolute atomic E-state index is 0.0341. The average Bonchev–Trinajstić information content (AvgIpc) is 3.31. The molecule has 2 heterocycles. The zero-order valence-corrected chi connectivity index (χ0v) is 15.2. The molecule has 26 heavy (non-hydrogen) atoms. The van der Waals surface area contributed by atoms with Gasteiger partial charge in [-0.05, 0) is 41.8 Å². The first-order valence-electron chi connectivity index (χ1n) is 8.59. The maximum atomic E-state index is 12.8. The monoisotopic (exact) mass is 369 g/mol. The number of rotatable bonds is 4. The molecular weight excluding hydrogens is 350 g/mol. The van der Waals surface area contributed by atoms with Crippen LogP contribution in [-0.2, 0) is 17.8 Å². The number of aromatic nitrogens is 2. The van der Waals surface area contributed by atoms with Crippen molar-refractivity contribution in [3.05, 3.63) is 63.5 Å². The smallest absolute Gasteiger partial charge is 0.387 e. The van der Waals surface area contributed by atoms with Gasteiger partial charge in [-0.1, -0.05) is 30.3 Å². The minimum Gasteiger partial charge on any atom is -0.387 e.